The summed E-state index contributed by atoms with van der Waals surface area (Å²) in [6.07, 6.45) is 2.41. The molecule has 3 atom stereocenters. The first-order valence-electron chi connectivity index (χ1n) is 8.99. The lowest BCUT2D eigenvalue weighted by molar-refractivity contribution is -0.0608. The molecule has 1 saturated heterocycles. The van der Waals surface area contributed by atoms with E-state index in [-0.39, 0.29) is 24.7 Å². The van der Waals surface area contributed by atoms with Gasteiger partial charge in [0.05, 0.1) is 12.3 Å². The average Bonchev–Trinajstić information content (AvgIpc) is 3.11. The van der Waals surface area contributed by atoms with Crippen LogP contribution in [0.1, 0.15) is 43.7 Å². The Hall–Kier alpha value is -1.93. The molecule has 27 heavy (non-hydrogen) atoms. The standard InChI is InChI=1S/C19H22F2N4OS/c1-11(2)25-6-5-16(24-25)17-7-12-9-27-18(22)23-19(12,10-26-17)14-4-3-13(20)8-15(14)21/h3-6,8,11-12,17H,7,9-10H2,1-2H3,(H2,22,23). The fraction of sp³-hybridized carbons (Fsp3) is 0.474. The molecule has 8 heteroatoms. The van der Waals surface area contributed by atoms with Gasteiger partial charge in [-0.05, 0) is 32.4 Å². The maximum absolute atomic E-state index is 14.6. The molecule has 3 heterocycles. The van der Waals surface area contributed by atoms with Gasteiger partial charge in [-0.15, -0.1) is 0 Å². The van der Waals surface area contributed by atoms with Crippen molar-refractivity contribution in [2.75, 3.05) is 12.4 Å². The number of aliphatic imine (C=N–C) groups is 1. The van der Waals surface area contributed by atoms with Crippen LogP contribution in [0.15, 0.2) is 35.5 Å². The van der Waals surface area contributed by atoms with Gasteiger partial charge in [0.1, 0.15) is 23.3 Å². The third-order valence-electron chi connectivity index (χ3n) is 5.31. The van der Waals surface area contributed by atoms with Crippen molar-refractivity contribution in [2.24, 2.45) is 16.6 Å². The highest BCUT2D eigenvalue weighted by atomic mass is 32.2. The van der Waals surface area contributed by atoms with Crippen LogP contribution in [-0.2, 0) is 10.3 Å². The topological polar surface area (TPSA) is 65.4 Å². The van der Waals surface area contributed by atoms with Crippen molar-refractivity contribution in [3.05, 3.63) is 53.4 Å². The number of ether oxygens (including phenoxy) is 1. The zero-order valence-electron chi connectivity index (χ0n) is 15.2. The summed E-state index contributed by atoms with van der Waals surface area (Å²) >= 11 is 1.46. The summed E-state index contributed by atoms with van der Waals surface area (Å²) in [6, 6.07) is 5.84. The quantitative estimate of drug-likeness (QED) is 0.863. The molecule has 0 aliphatic carbocycles. The van der Waals surface area contributed by atoms with E-state index >= 15 is 0 Å². The van der Waals surface area contributed by atoms with E-state index in [4.69, 9.17) is 10.5 Å². The van der Waals surface area contributed by atoms with Gasteiger partial charge in [0, 0.05) is 35.5 Å². The summed E-state index contributed by atoms with van der Waals surface area (Å²) in [4.78, 5) is 4.60. The highest BCUT2D eigenvalue weighted by Gasteiger charge is 2.50. The molecule has 0 radical (unpaired) electrons. The first kappa shape index (κ1) is 18.4. The van der Waals surface area contributed by atoms with Crippen molar-refractivity contribution in [1.29, 1.82) is 0 Å². The van der Waals surface area contributed by atoms with Crippen molar-refractivity contribution in [3.8, 4) is 0 Å². The number of hydrogen-bond acceptors (Lipinski definition) is 5. The lowest BCUT2D eigenvalue weighted by Gasteiger charge is -2.46. The Morgan fingerprint density at radius 2 is 2.15 bits per heavy atom. The summed E-state index contributed by atoms with van der Waals surface area (Å²) in [7, 11) is 0. The van der Waals surface area contributed by atoms with E-state index in [1.54, 1.807) is 0 Å². The third-order valence-corrected chi connectivity index (χ3v) is 6.26. The number of thioether (sulfide) groups is 1. The summed E-state index contributed by atoms with van der Waals surface area (Å²) < 4.78 is 36.0. The van der Waals surface area contributed by atoms with Crippen LogP contribution in [0.4, 0.5) is 8.78 Å². The molecule has 2 aromatic rings. The van der Waals surface area contributed by atoms with Gasteiger partial charge in [-0.3, -0.25) is 4.68 Å². The van der Waals surface area contributed by atoms with E-state index in [1.807, 2.05) is 16.9 Å². The average molecular weight is 392 g/mol. The lowest BCUT2D eigenvalue weighted by Crippen LogP contribution is -2.48. The van der Waals surface area contributed by atoms with Crippen LogP contribution in [0.25, 0.3) is 0 Å². The summed E-state index contributed by atoms with van der Waals surface area (Å²) in [5.74, 6) is -0.510. The second kappa shape index (κ2) is 6.91. The number of nitrogens with two attached hydrogens (primary N) is 1. The Balaban J connectivity index is 1.68. The lowest BCUT2D eigenvalue weighted by atomic mass is 9.74. The zero-order valence-corrected chi connectivity index (χ0v) is 16.0. The van der Waals surface area contributed by atoms with Crippen LogP contribution in [0, 0.1) is 17.6 Å². The second-order valence-corrected chi connectivity index (χ2v) is 8.40. The van der Waals surface area contributed by atoms with Crippen LogP contribution in [0.3, 0.4) is 0 Å². The zero-order chi connectivity index (χ0) is 19.2. The first-order chi connectivity index (χ1) is 12.9. The molecule has 144 valence electrons. The molecule has 2 N–H and O–H groups in total. The number of aromatic nitrogens is 2. The molecule has 1 aromatic heterocycles. The Labute approximate surface area is 161 Å². The van der Waals surface area contributed by atoms with E-state index < -0.39 is 17.2 Å². The molecule has 1 aromatic carbocycles. The minimum atomic E-state index is -0.926. The molecule has 0 amide bonds. The Morgan fingerprint density at radius 1 is 1.33 bits per heavy atom. The molecule has 2 aliphatic rings. The molecule has 0 spiro atoms. The van der Waals surface area contributed by atoms with Crippen molar-refractivity contribution >= 4 is 16.9 Å². The van der Waals surface area contributed by atoms with Gasteiger partial charge in [0.2, 0.25) is 0 Å². The Morgan fingerprint density at radius 3 is 2.85 bits per heavy atom. The fourth-order valence-corrected chi connectivity index (χ4v) is 4.84. The van der Waals surface area contributed by atoms with Gasteiger partial charge in [-0.1, -0.05) is 17.8 Å². The van der Waals surface area contributed by atoms with Crippen LogP contribution in [0.2, 0.25) is 0 Å². The van der Waals surface area contributed by atoms with E-state index in [9.17, 15) is 8.78 Å². The highest BCUT2D eigenvalue weighted by molar-refractivity contribution is 8.13. The van der Waals surface area contributed by atoms with Crippen LogP contribution >= 0.6 is 11.8 Å². The van der Waals surface area contributed by atoms with Crippen LogP contribution in [0.5, 0.6) is 0 Å². The van der Waals surface area contributed by atoms with Gasteiger partial charge in [0.25, 0.3) is 0 Å². The molecule has 1 fully saturated rings. The summed E-state index contributed by atoms with van der Waals surface area (Å²) in [5, 5.41) is 5.02. The van der Waals surface area contributed by atoms with Crippen LogP contribution < -0.4 is 5.73 Å². The van der Waals surface area contributed by atoms with E-state index in [1.165, 1.54) is 23.9 Å². The normalized spacial score (nSPS) is 28.1. The summed E-state index contributed by atoms with van der Waals surface area (Å²) in [5.41, 5.74) is 6.25. The number of nitrogens with zero attached hydrogens (tertiary/aromatic N) is 3. The van der Waals surface area contributed by atoms with Crippen LogP contribution in [-0.4, -0.2) is 27.3 Å². The maximum Gasteiger partial charge on any atom is 0.154 e. The van der Waals surface area contributed by atoms with Crippen molar-refractivity contribution < 1.29 is 13.5 Å². The number of benzene rings is 1. The summed E-state index contributed by atoms with van der Waals surface area (Å²) in [6.45, 7) is 4.31. The van der Waals surface area contributed by atoms with E-state index in [2.05, 4.69) is 23.9 Å². The minimum absolute atomic E-state index is 0.0118. The molecule has 0 saturated carbocycles. The predicted octanol–water partition coefficient (Wildman–Crippen LogP) is 3.78. The number of fused-ring (bicyclic) bond motifs is 1. The minimum Gasteiger partial charge on any atom is -0.379 e. The number of halogens is 2. The largest absolute Gasteiger partial charge is 0.379 e. The van der Waals surface area contributed by atoms with Crippen molar-refractivity contribution in [1.82, 2.24) is 9.78 Å². The smallest absolute Gasteiger partial charge is 0.154 e. The molecular weight excluding hydrogens is 370 g/mol. The number of hydrogen-bond donors (Lipinski definition) is 1. The highest BCUT2D eigenvalue weighted by Crippen LogP contribution is 2.49. The van der Waals surface area contributed by atoms with Gasteiger partial charge >= 0.3 is 0 Å². The number of amidine groups is 1. The van der Waals surface area contributed by atoms with E-state index in [0.717, 1.165) is 11.8 Å². The molecule has 3 unspecified atom stereocenters. The number of rotatable bonds is 3. The Bertz CT molecular complexity index is 884. The third kappa shape index (κ3) is 3.25. The molecule has 0 bridgehead atoms. The van der Waals surface area contributed by atoms with Crippen molar-refractivity contribution in [2.45, 2.75) is 38.0 Å². The SMILES string of the molecule is CC(C)n1ccc(C2CC3CSC(N)=NC3(c3ccc(F)cc3F)CO2)n1. The Kier molecular flexibility index (Phi) is 4.71. The predicted molar refractivity (Wildman–Crippen MR) is 102 cm³/mol. The van der Waals surface area contributed by atoms with E-state index in [0.29, 0.717) is 22.9 Å². The monoisotopic (exact) mass is 392 g/mol. The molecule has 4 rings (SSSR count). The molecular formula is C19H22F2N4OS. The maximum atomic E-state index is 14.6. The van der Waals surface area contributed by atoms with Gasteiger partial charge in [-0.2, -0.15) is 5.10 Å². The van der Waals surface area contributed by atoms with Gasteiger partial charge in [0.15, 0.2) is 5.17 Å². The first-order valence-corrected chi connectivity index (χ1v) is 9.98. The molecule has 2 aliphatic heterocycles. The fourth-order valence-electron chi connectivity index (χ4n) is 3.83. The van der Waals surface area contributed by atoms with Crippen molar-refractivity contribution in [3.63, 3.8) is 0 Å². The van der Waals surface area contributed by atoms with Gasteiger partial charge in [-0.25, -0.2) is 13.8 Å². The molecule has 5 nitrogen and oxygen atoms in total. The van der Waals surface area contributed by atoms with Gasteiger partial charge < -0.3 is 10.5 Å². The second-order valence-electron chi connectivity index (χ2n) is 7.36.